The first kappa shape index (κ1) is 15.9. The third-order valence-corrected chi connectivity index (χ3v) is 3.48. The van der Waals surface area contributed by atoms with Crippen molar-refractivity contribution in [3.8, 4) is 5.69 Å². The molecule has 0 atom stereocenters. The molecule has 0 saturated heterocycles. The van der Waals surface area contributed by atoms with Gasteiger partial charge in [0.25, 0.3) is 0 Å². The maximum atomic E-state index is 12.5. The summed E-state index contributed by atoms with van der Waals surface area (Å²) in [6.07, 6.45) is -4.38. The summed E-state index contributed by atoms with van der Waals surface area (Å²) >= 11 is 6.16. The van der Waals surface area contributed by atoms with Crippen LogP contribution in [0, 0.1) is 0 Å². The molecule has 1 heterocycles. The molecule has 0 aliphatic rings. The molecule has 0 spiro atoms. The van der Waals surface area contributed by atoms with Crippen molar-refractivity contribution in [2.45, 2.75) is 32.5 Å². The SMILES string of the molecule is CC(C)c1nn(-c2ccc(C(F)(F)F)cc2)c(Cl)c1CO. The Morgan fingerprint density at radius 3 is 2.19 bits per heavy atom. The quantitative estimate of drug-likeness (QED) is 0.922. The Bertz CT molecular complexity index is 633. The number of aliphatic hydroxyl groups is 1. The average molecular weight is 319 g/mol. The Morgan fingerprint density at radius 2 is 1.81 bits per heavy atom. The molecule has 0 aliphatic carbocycles. The van der Waals surface area contributed by atoms with E-state index in [-0.39, 0.29) is 17.7 Å². The van der Waals surface area contributed by atoms with Crippen LogP contribution in [-0.2, 0) is 12.8 Å². The molecule has 0 aliphatic heterocycles. The van der Waals surface area contributed by atoms with Gasteiger partial charge in [-0.15, -0.1) is 0 Å². The van der Waals surface area contributed by atoms with Crippen molar-refractivity contribution in [1.29, 1.82) is 0 Å². The zero-order valence-electron chi connectivity index (χ0n) is 11.4. The van der Waals surface area contributed by atoms with Crippen molar-refractivity contribution in [1.82, 2.24) is 9.78 Å². The highest BCUT2D eigenvalue weighted by molar-refractivity contribution is 6.30. The van der Waals surface area contributed by atoms with Crippen LogP contribution in [0.15, 0.2) is 24.3 Å². The van der Waals surface area contributed by atoms with Crippen LogP contribution in [0.2, 0.25) is 5.15 Å². The lowest BCUT2D eigenvalue weighted by Crippen LogP contribution is -2.05. The van der Waals surface area contributed by atoms with Crippen LogP contribution in [0.25, 0.3) is 5.69 Å². The van der Waals surface area contributed by atoms with Gasteiger partial charge in [0.2, 0.25) is 0 Å². The van der Waals surface area contributed by atoms with Crippen molar-refractivity contribution < 1.29 is 18.3 Å². The number of benzene rings is 1. The standard InChI is InChI=1S/C14H14ClF3N2O/c1-8(2)12-11(7-21)13(15)20(19-12)10-5-3-9(4-6-10)14(16,17)18/h3-6,8,21H,7H2,1-2H3. The molecule has 21 heavy (non-hydrogen) atoms. The third kappa shape index (κ3) is 3.06. The summed E-state index contributed by atoms with van der Waals surface area (Å²) < 4.78 is 39.0. The Morgan fingerprint density at radius 1 is 1.24 bits per heavy atom. The summed E-state index contributed by atoms with van der Waals surface area (Å²) in [4.78, 5) is 0. The summed E-state index contributed by atoms with van der Waals surface area (Å²) in [5, 5.41) is 13.9. The van der Waals surface area contributed by atoms with Gasteiger partial charge in [-0.3, -0.25) is 0 Å². The Kier molecular flexibility index (Phi) is 4.30. The molecule has 0 fully saturated rings. The zero-order valence-corrected chi connectivity index (χ0v) is 12.2. The third-order valence-electron chi connectivity index (χ3n) is 3.10. The lowest BCUT2D eigenvalue weighted by molar-refractivity contribution is -0.137. The van der Waals surface area contributed by atoms with Crippen molar-refractivity contribution in [3.63, 3.8) is 0 Å². The van der Waals surface area contributed by atoms with Gasteiger partial charge in [-0.2, -0.15) is 18.3 Å². The highest BCUT2D eigenvalue weighted by Crippen LogP contribution is 2.31. The van der Waals surface area contributed by atoms with Gasteiger partial charge in [-0.1, -0.05) is 25.4 Å². The number of hydrogen-bond acceptors (Lipinski definition) is 2. The fourth-order valence-corrected chi connectivity index (χ4v) is 2.31. The zero-order chi connectivity index (χ0) is 15.8. The predicted octanol–water partition coefficient (Wildman–Crippen LogP) is 4.16. The molecule has 7 heteroatoms. The number of hydrogen-bond donors (Lipinski definition) is 1. The minimum atomic E-state index is -4.38. The summed E-state index contributed by atoms with van der Waals surface area (Å²) in [6, 6.07) is 4.54. The van der Waals surface area contributed by atoms with Crippen molar-refractivity contribution in [3.05, 3.63) is 46.2 Å². The topological polar surface area (TPSA) is 38.0 Å². The van der Waals surface area contributed by atoms with Crippen molar-refractivity contribution in [2.24, 2.45) is 0 Å². The number of nitrogens with zero attached hydrogens (tertiary/aromatic N) is 2. The molecular formula is C14H14ClF3N2O. The van der Waals surface area contributed by atoms with Gasteiger partial charge >= 0.3 is 6.18 Å². The van der Waals surface area contributed by atoms with Crippen LogP contribution in [0.5, 0.6) is 0 Å². The van der Waals surface area contributed by atoms with Gasteiger partial charge in [0.1, 0.15) is 5.15 Å². The number of aromatic nitrogens is 2. The number of rotatable bonds is 3. The minimum Gasteiger partial charge on any atom is -0.391 e. The number of halogens is 4. The molecule has 0 saturated carbocycles. The van der Waals surface area contributed by atoms with Gasteiger partial charge in [-0.05, 0) is 30.2 Å². The van der Waals surface area contributed by atoms with E-state index in [1.54, 1.807) is 0 Å². The Hall–Kier alpha value is -1.53. The Labute approximate surface area is 125 Å². The molecular weight excluding hydrogens is 305 g/mol. The van der Waals surface area contributed by atoms with E-state index >= 15 is 0 Å². The van der Waals surface area contributed by atoms with Crippen LogP contribution in [0.4, 0.5) is 13.2 Å². The normalized spacial score (nSPS) is 12.2. The predicted molar refractivity (Wildman–Crippen MR) is 73.6 cm³/mol. The van der Waals surface area contributed by atoms with Gasteiger partial charge in [0.15, 0.2) is 0 Å². The minimum absolute atomic E-state index is 0.0420. The first-order valence-corrected chi connectivity index (χ1v) is 6.69. The number of alkyl halides is 3. The molecule has 1 aromatic carbocycles. The summed E-state index contributed by atoms with van der Waals surface area (Å²) in [7, 11) is 0. The largest absolute Gasteiger partial charge is 0.416 e. The van der Waals surface area contributed by atoms with Gasteiger partial charge in [0.05, 0.1) is 23.6 Å². The second kappa shape index (κ2) is 5.69. The summed E-state index contributed by atoms with van der Waals surface area (Å²) in [6.45, 7) is 3.52. The van der Waals surface area contributed by atoms with Crippen LogP contribution >= 0.6 is 11.6 Å². The molecule has 114 valence electrons. The average Bonchev–Trinajstić information content (AvgIpc) is 2.75. The molecule has 2 aromatic rings. The van der Waals surface area contributed by atoms with E-state index in [9.17, 15) is 18.3 Å². The highest BCUT2D eigenvalue weighted by atomic mass is 35.5. The van der Waals surface area contributed by atoms with E-state index < -0.39 is 11.7 Å². The van der Waals surface area contributed by atoms with Crippen LogP contribution < -0.4 is 0 Å². The lowest BCUT2D eigenvalue weighted by Gasteiger charge is -2.08. The summed E-state index contributed by atoms with van der Waals surface area (Å²) in [5.74, 6) is 0.0420. The molecule has 2 rings (SSSR count). The molecule has 0 unspecified atom stereocenters. The van der Waals surface area contributed by atoms with Gasteiger partial charge in [-0.25, -0.2) is 4.68 Å². The lowest BCUT2D eigenvalue weighted by atomic mass is 10.1. The van der Waals surface area contributed by atoms with E-state index in [0.717, 1.165) is 12.1 Å². The van der Waals surface area contributed by atoms with E-state index in [1.165, 1.54) is 16.8 Å². The molecule has 0 amide bonds. The first-order chi connectivity index (χ1) is 9.75. The van der Waals surface area contributed by atoms with E-state index in [4.69, 9.17) is 11.6 Å². The molecule has 0 radical (unpaired) electrons. The molecule has 0 bridgehead atoms. The van der Waals surface area contributed by atoms with Crippen LogP contribution in [0.1, 0.15) is 36.6 Å². The first-order valence-electron chi connectivity index (χ1n) is 6.31. The highest BCUT2D eigenvalue weighted by Gasteiger charge is 2.30. The smallest absolute Gasteiger partial charge is 0.391 e. The van der Waals surface area contributed by atoms with Crippen LogP contribution in [-0.4, -0.2) is 14.9 Å². The second-order valence-corrected chi connectivity index (χ2v) is 5.28. The summed E-state index contributed by atoms with van der Waals surface area (Å²) in [5.41, 5.74) is 0.796. The van der Waals surface area contributed by atoms with Crippen molar-refractivity contribution >= 4 is 11.6 Å². The Balaban J connectivity index is 2.47. The van der Waals surface area contributed by atoms with Gasteiger partial charge in [0, 0.05) is 5.56 Å². The van der Waals surface area contributed by atoms with E-state index in [2.05, 4.69) is 5.10 Å². The molecule has 1 N–H and O–H groups in total. The van der Waals surface area contributed by atoms with E-state index in [1.807, 2.05) is 13.8 Å². The van der Waals surface area contributed by atoms with Gasteiger partial charge < -0.3 is 5.11 Å². The maximum Gasteiger partial charge on any atom is 0.416 e. The fraction of sp³-hybridized carbons (Fsp3) is 0.357. The second-order valence-electron chi connectivity index (χ2n) is 4.92. The molecule has 1 aromatic heterocycles. The van der Waals surface area contributed by atoms with Crippen LogP contribution in [0.3, 0.4) is 0 Å². The number of aliphatic hydroxyl groups excluding tert-OH is 1. The van der Waals surface area contributed by atoms with E-state index in [0.29, 0.717) is 16.9 Å². The van der Waals surface area contributed by atoms with Crippen molar-refractivity contribution in [2.75, 3.05) is 0 Å². The fourth-order valence-electron chi connectivity index (χ4n) is 2.02. The maximum absolute atomic E-state index is 12.5. The monoisotopic (exact) mass is 318 g/mol. The molecule has 3 nitrogen and oxygen atoms in total.